The van der Waals surface area contributed by atoms with Crippen LogP contribution in [0.5, 0.6) is 5.75 Å². The third-order valence-electron chi connectivity index (χ3n) is 19.4. The zero-order chi connectivity index (χ0) is 90.4. The molecule has 121 heavy (non-hydrogen) atoms. The number of carbonyl (C=O) groups excluding carboxylic acids is 16. The Morgan fingerprint density at radius 2 is 0.950 bits per heavy atom. The third kappa shape index (κ3) is 32.3. The molecule has 5 rings (SSSR count). The molecule has 1 heterocycles. The molecule has 41 heteroatoms. The number of primary amides is 4. The largest absolute Gasteiger partial charge is 0.492 e. The lowest BCUT2D eigenvalue weighted by molar-refractivity contribution is -0.140. The maximum Gasteiger partial charge on any atom is 0.303 e. The summed E-state index contributed by atoms with van der Waals surface area (Å²) in [6.07, 6.45) is -5.46. The molecule has 39 nitrogen and oxygen atoms in total. The normalized spacial score (nSPS) is 14.9. The maximum atomic E-state index is 15.6. The van der Waals surface area contributed by atoms with Crippen LogP contribution in [0, 0.1) is 0 Å². The summed E-state index contributed by atoms with van der Waals surface area (Å²) in [5.41, 5.74) is 33.2. The minimum Gasteiger partial charge on any atom is -0.492 e. The van der Waals surface area contributed by atoms with Gasteiger partial charge in [0.2, 0.25) is 94.5 Å². The molecule has 0 aliphatic heterocycles. The van der Waals surface area contributed by atoms with E-state index in [-0.39, 0.29) is 58.2 Å². The van der Waals surface area contributed by atoms with Crippen LogP contribution in [-0.4, -0.2) is 223 Å². The number of aliphatic hydroxyl groups is 1. The fourth-order valence-corrected chi connectivity index (χ4v) is 13.0. The number of aromatic nitrogens is 1. The van der Waals surface area contributed by atoms with Crippen LogP contribution in [0.1, 0.15) is 136 Å². The van der Waals surface area contributed by atoms with Crippen LogP contribution >= 0.6 is 25.3 Å². The van der Waals surface area contributed by atoms with Crippen LogP contribution in [0.15, 0.2) is 97.2 Å². The highest BCUT2D eigenvalue weighted by molar-refractivity contribution is 7.82. The molecule has 0 unspecified atom stereocenters. The molecule has 0 spiro atoms. The average Bonchev–Trinajstić information content (AvgIpc) is 1.80. The SMILES string of the molecule is CC(=O)N[C@H](C(=O)N[C@@H](CCC(N)=O)C(=O)N[C@H](C(=O)N[C@@H](Cc1c[nH]c2ccccc12)C(=O)N[C@@H](CCC(N)=O)C(=O)N[C@H](C(=O)N[C@@H](Cc1ccc(OCCN)cc1)C(=O)N[C@@H](Cc1ccc2ccccc2c1)C(=O)N[C@@](C)(CCCCN)C(=O)N[C@@H](CCC(=O)O)C(=O)N[C@@H](CC(N)=O)C(=O)N[C@@H](C)C(N)=O)C(C)(C)S)[C@@H](C)O)C(C)(C)S. The number of para-hydroxylation sites is 1. The fraction of sp³-hybridized carbons (Fsp3) is 0.487. The first-order chi connectivity index (χ1) is 56.7. The van der Waals surface area contributed by atoms with E-state index in [1.54, 1.807) is 84.9 Å². The number of benzene rings is 4. The highest BCUT2D eigenvalue weighted by atomic mass is 32.1. The van der Waals surface area contributed by atoms with Gasteiger partial charge in [0.15, 0.2) is 0 Å². The van der Waals surface area contributed by atoms with Crippen LogP contribution in [-0.2, 0) is 101 Å². The Morgan fingerprint density at radius 3 is 1.50 bits per heavy atom. The Hall–Kier alpha value is -11.9. The molecule has 0 aliphatic carbocycles. The Morgan fingerprint density at radius 1 is 0.479 bits per heavy atom. The summed E-state index contributed by atoms with van der Waals surface area (Å²) in [5, 5.41) is 53.2. The van der Waals surface area contributed by atoms with Gasteiger partial charge in [-0.2, -0.15) is 25.3 Å². The minimum atomic E-state index is -2.08. The Kier molecular flexibility index (Phi) is 38.3. The summed E-state index contributed by atoms with van der Waals surface area (Å²) in [4.78, 5) is 238. The highest BCUT2D eigenvalue weighted by Gasteiger charge is 2.44. The van der Waals surface area contributed by atoms with Crippen molar-refractivity contribution < 1.29 is 96.5 Å². The van der Waals surface area contributed by atoms with Crippen molar-refractivity contribution in [3.05, 3.63) is 114 Å². The van der Waals surface area contributed by atoms with E-state index in [1.807, 2.05) is 6.07 Å². The third-order valence-corrected chi connectivity index (χ3v) is 19.9. The lowest BCUT2D eigenvalue weighted by Crippen LogP contribution is -2.65. The van der Waals surface area contributed by atoms with Crippen molar-refractivity contribution in [3.63, 3.8) is 0 Å². The van der Waals surface area contributed by atoms with E-state index in [9.17, 15) is 67.7 Å². The Labute approximate surface area is 709 Å². The first kappa shape index (κ1) is 99.6. The number of nitrogens with two attached hydrogens (primary N) is 6. The predicted octanol–water partition coefficient (Wildman–Crippen LogP) is -3.38. The van der Waals surface area contributed by atoms with E-state index in [4.69, 9.17) is 51.8 Å². The van der Waals surface area contributed by atoms with E-state index in [0.717, 1.165) is 19.2 Å². The summed E-state index contributed by atoms with van der Waals surface area (Å²) < 4.78 is 2.84. The van der Waals surface area contributed by atoms with Crippen molar-refractivity contribution >= 4 is 147 Å². The first-order valence-electron chi connectivity index (χ1n) is 39.0. The number of carbonyl (C=O) groups is 17. The molecule has 1 aromatic heterocycles. The number of thiol groups is 2. The van der Waals surface area contributed by atoms with Crippen molar-refractivity contribution in [3.8, 4) is 5.75 Å². The number of hydrogen-bond acceptors (Lipinski definition) is 23. The van der Waals surface area contributed by atoms with Gasteiger partial charge < -0.3 is 118 Å². The van der Waals surface area contributed by atoms with Gasteiger partial charge in [-0.3, -0.25) is 81.5 Å². The second-order valence-corrected chi connectivity index (χ2v) is 33.1. The van der Waals surface area contributed by atoms with Gasteiger partial charge in [-0.25, -0.2) is 0 Å². The number of nitrogens with one attached hydrogen (secondary N) is 13. The molecular formula is C80H113N19O20S2. The minimum absolute atomic E-state index is 0.0949. The van der Waals surface area contributed by atoms with Crippen molar-refractivity contribution in [2.75, 3.05) is 19.7 Å². The fourth-order valence-electron chi connectivity index (χ4n) is 12.7. The zero-order valence-corrected chi connectivity index (χ0v) is 70.4. The number of rotatable bonds is 51. The van der Waals surface area contributed by atoms with Crippen molar-refractivity contribution in [2.45, 2.75) is 226 Å². The van der Waals surface area contributed by atoms with Gasteiger partial charge in [-0.05, 0) is 139 Å². The molecule has 16 amide bonds. The molecule has 0 saturated heterocycles. The molecular weight excluding hydrogens is 1610 g/mol. The number of fused-ring (bicyclic) bond motifs is 2. The van der Waals surface area contributed by atoms with Crippen LogP contribution in [0.2, 0.25) is 0 Å². The summed E-state index contributed by atoms with van der Waals surface area (Å²) >= 11 is 9.17. The molecule has 0 radical (unpaired) electrons. The number of carboxylic acids is 1. The first-order valence-corrected chi connectivity index (χ1v) is 39.9. The number of amides is 16. The molecule has 4 aromatic carbocycles. The summed E-state index contributed by atoms with van der Waals surface area (Å²) in [5.74, 6) is -17.7. The number of aliphatic hydroxyl groups excluding tert-OH is 1. The van der Waals surface area contributed by atoms with Crippen LogP contribution in [0.4, 0.5) is 0 Å². The molecule has 0 fully saturated rings. The maximum absolute atomic E-state index is 15.6. The zero-order valence-electron chi connectivity index (χ0n) is 68.6. The average molecular weight is 1730 g/mol. The van der Waals surface area contributed by atoms with Crippen LogP contribution < -0.4 is 103 Å². The predicted molar refractivity (Wildman–Crippen MR) is 451 cm³/mol. The van der Waals surface area contributed by atoms with E-state index in [2.05, 4.69) is 81.4 Å². The standard InChI is InChI=1S/C80H113N19O20S2/c1-41(66(86)107)88-70(111)58(39-61(85)104)93-67(108)54(27-30-62(105)106)96-77(118)80(8,31-13-14-32-81)99-73(114)56(37-45-19-22-46-15-9-10-16-47(46)35-45)92-71(112)55(36-44-20-23-49(24-21-44)119-34-33-82)95-76(117)65(79(6,7)121)98-69(110)53(26-29-60(84)103)90-72(113)57(38-48-40-87-51-18-12-11-17-50(48)51)94-74(115)63(42(2)100)97-68(109)52(25-28-59(83)102)91-75(116)64(78(4,5)120)89-43(3)101/h9-12,15-24,35,40-42,52-58,63-65,87,100,120-121H,13-14,25-34,36-39,81-82H2,1-8H3,(H2,83,102)(H2,84,103)(H2,85,104)(H2,86,107)(H,88,111)(H,89,101)(H,90,113)(H,91,116)(H,92,112)(H,93,108)(H,94,115)(H,95,117)(H,96,118)(H,97,109)(H,98,110)(H,99,114)(H,105,106)/t41-,42+,52-,53-,54-,55-,56-,57-,58-,63-,64+,65+,80-/m0/s1. The monoisotopic (exact) mass is 1720 g/mol. The molecule has 0 bridgehead atoms. The molecule has 5 aromatic rings. The van der Waals surface area contributed by atoms with Gasteiger partial charge in [0.05, 0.1) is 12.5 Å². The Bertz CT molecular complexity index is 4560. The van der Waals surface area contributed by atoms with Crippen molar-refractivity contribution in [1.82, 2.24) is 68.8 Å². The van der Waals surface area contributed by atoms with Gasteiger partial charge in [0.1, 0.15) is 84.4 Å². The number of hydrogen-bond donors (Lipinski definition) is 23. The number of carboxylic acid groups (broad SMARTS) is 1. The van der Waals surface area contributed by atoms with E-state index < -0.39 is 233 Å². The molecule has 13 atom stereocenters. The molecule has 27 N–H and O–H groups in total. The van der Waals surface area contributed by atoms with Gasteiger partial charge in [0.25, 0.3) is 0 Å². The number of aromatic amines is 1. The second kappa shape index (κ2) is 46.6. The number of unbranched alkanes of at least 4 members (excludes halogenated alkanes) is 1. The highest BCUT2D eigenvalue weighted by Crippen LogP contribution is 2.25. The van der Waals surface area contributed by atoms with Gasteiger partial charge in [-0.15, -0.1) is 0 Å². The summed E-state index contributed by atoms with van der Waals surface area (Å²) in [7, 11) is 0. The van der Waals surface area contributed by atoms with Crippen LogP contribution in [0.25, 0.3) is 21.7 Å². The van der Waals surface area contributed by atoms with Crippen LogP contribution in [0.3, 0.4) is 0 Å². The molecule has 0 aliphatic rings. The Balaban J connectivity index is 1.57. The van der Waals surface area contributed by atoms with Gasteiger partial charge >= 0.3 is 5.97 Å². The lowest BCUT2D eigenvalue weighted by Gasteiger charge is -2.34. The summed E-state index contributed by atoms with van der Waals surface area (Å²) in [6, 6.07) is 6.80. The van der Waals surface area contributed by atoms with E-state index >= 15 is 24.0 Å². The van der Waals surface area contributed by atoms with Crippen molar-refractivity contribution in [1.29, 1.82) is 0 Å². The van der Waals surface area contributed by atoms with Gasteiger partial charge in [-0.1, -0.05) is 72.8 Å². The second-order valence-electron chi connectivity index (χ2n) is 30.7. The quantitative estimate of drug-likeness (QED) is 0.0133. The van der Waals surface area contributed by atoms with Gasteiger partial charge in [0, 0.05) is 78.6 Å². The summed E-state index contributed by atoms with van der Waals surface area (Å²) in [6.45, 7) is 11.0. The smallest absolute Gasteiger partial charge is 0.303 e. The van der Waals surface area contributed by atoms with E-state index in [1.165, 1.54) is 47.7 Å². The number of ether oxygens (including phenoxy) is 1. The topological polar surface area (TPSA) is 656 Å². The molecule has 0 saturated carbocycles. The molecule has 660 valence electrons. The van der Waals surface area contributed by atoms with Crippen molar-refractivity contribution in [2.24, 2.45) is 34.4 Å². The lowest BCUT2D eigenvalue weighted by atomic mass is 9.91. The van der Waals surface area contributed by atoms with E-state index in [0.29, 0.717) is 38.7 Å². The number of H-pyrrole nitrogens is 1. The number of aliphatic carboxylic acids is 1.